The second-order valence-corrected chi connectivity index (χ2v) is 5.15. The van der Waals surface area contributed by atoms with E-state index in [1.807, 2.05) is 31.2 Å². The van der Waals surface area contributed by atoms with Crippen LogP contribution in [0, 0.1) is 6.92 Å². The van der Waals surface area contributed by atoms with Crippen LogP contribution in [0.15, 0.2) is 30.5 Å². The van der Waals surface area contributed by atoms with Crippen molar-refractivity contribution in [2.75, 3.05) is 31.2 Å². The van der Waals surface area contributed by atoms with E-state index in [0.717, 1.165) is 43.2 Å². The van der Waals surface area contributed by atoms with Gasteiger partial charge in [0.05, 0.1) is 18.2 Å². The highest BCUT2D eigenvalue weighted by Gasteiger charge is 2.14. The molecule has 2 aromatic rings. The van der Waals surface area contributed by atoms with Crippen LogP contribution in [0.3, 0.4) is 0 Å². The number of halogens is 1. The molecule has 0 radical (unpaired) electrons. The van der Waals surface area contributed by atoms with E-state index in [-0.39, 0.29) is 0 Å². The van der Waals surface area contributed by atoms with Crippen molar-refractivity contribution in [1.82, 2.24) is 9.97 Å². The summed E-state index contributed by atoms with van der Waals surface area (Å²) in [6, 6.07) is 7.84. The average Bonchev–Trinajstić information content (AvgIpc) is 2.51. The Hall–Kier alpha value is -1.65. The molecular formula is C15H16ClN3O. The second-order valence-electron chi connectivity index (χ2n) is 4.77. The molecule has 0 unspecified atom stereocenters. The summed E-state index contributed by atoms with van der Waals surface area (Å²) < 4.78 is 5.36. The van der Waals surface area contributed by atoms with Crippen LogP contribution in [-0.2, 0) is 4.74 Å². The Kier molecular flexibility index (Phi) is 3.85. The Morgan fingerprint density at radius 2 is 2.00 bits per heavy atom. The van der Waals surface area contributed by atoms with Crippen molar-refractivity contribution < 1.29 is 4.74 Å². The van der Waals surface area contributed by atoms with Gasteiger partial charge in [-0.1, -0.05) is 23.7 Å². The van der Waals surface area contributed by atoms with Gasteiger partial charge in [-0.2, -0.15) is 0 Å². The number of aryl methyl sites for hydroxylation is 1. The molecule has 1 aliphatic rings. The number of nitrogens with zero attached hydrogens (tertiary/aromatic N) is 3. The molecule has 0 saturated carbocycles. The molecule has 4 nitrogen and oxygen atoms in total. The molecular weight excluding hydrogens is 274 g/mol. The molecule has 104 valence electrons. The number of ether oxygens (including phenoxy) is 1. The molecule has 1 saturated heterocycles. The van der Waals surface area contributed by atoms with Crippen molar-refractivity contribution in [3.63, 3.8) is 0 Å². The highest BCUT2D eigenvalue weighted by atomic mass is 35.5. The van der Waals surface area contributed by atoms with Crippen LogP contribution in [0.4, 0.5) is 5.82 Å². The number of hydrogen-bond donors (Lipinski definition) is 0. The zero-order valence-electron chi connectivity index (χ0n) is 11.3. The quantitative estimate of drug-likeness (QED) is 0.852. The van der Waals surface area contributed by atoms with Gasteiger partial charge < -0.3 is 9.64 Å². The first-order chi connectivity index (χ1) is 9.75. The Morgan fingerprint density at radius 1 is 1.20 bits per heavy atom. The summed E-state index contributed by atoms with van der Waals surface area (Å²) in [5.74, 6) is 1.60. The lowest BCUT2D eigenvalue weighted by Gasteiger charge is -2.27. The highest BCUT2D eigenvalue weighted by molar-refractivity contribution is 6.33. The highest BCUT2D eigenvalue weighted by Crippen LogP contribution is 2.28. The standard InChI is InChI=1S/C15H16ClN3O/c1-11-3-2-4-12(14(11)16)15-17-6-5-13(18-15)19-7-9-20-10-8-19/h2-6H,7-10H2,1H3. The van der Waals surface area contributed by atoms with Gasteiger partial charge >= 0.3 is 0 Å². The fourth-order valence-corrected chi connectivity index (χ4v) is 2.48. The minimum Gasteiger partial charge on any atom is -0.378 e. The molecule has 1 aliphatic heterocycles. The molecule has 0 amide bonds. The molecule has 0 aliphatic carbocycles. The summed E-state index contributed by atoms with van der Waals surface area (Å²) in [7, 11) is 0. The minimum absolute atomic E-state index is 0.669. The van der Waals surface area contributed by atoms with E-state index in [1.54, 1.807) is 6.20 Å². The minimum atomic E-state index is 0.669. The van der Waals surface area contributed by atoms with Crippen LogP contribution in [0.1, 0.15) is 5.56 Å². The predicted molar refractivity (Wildman–Crippen MR) is 80.2 cm³/mol. The molecule has 0 atom stereocenters. The fraction of sp³-hybridized carbons (Fsp3) is 0.333. The molecule has 1 fully saturated rings. The molecule has 1 aromatic heterocycles. The summed E-state index contributed by atoms with van der Waals surface area (Å²) in [6.45, 7) is 5.18. The lowest BCUT2D eigenvalue weighted by molar-refractivity contribution is 0.122. The third-order valence-corrected chi connectivity index (χ3v) is 3.91. The van der Waals surface area contributed by atoms with Gasteiger partial charge in [0, 0.05) is 24.8 Å². The van der Waals surface area contributed by atoms with Crippen molar-refractivity contribution in [1.29, 1.82) is 0 Å². The van der Waals surface area contributed by atoms with Crippen molar-refractivity contribution >= 4 is 17.4 Å². The van der Waals surface area contributed by atoms with E-state index in [4.69, 9.17) is 16.3 Å². The third kappa shape index (κ3) is 2.62. The van der Waals surface area contributed by atoms with E-state index in [9.17, 15) is 0 Å². The first-order valence-corrected chi connectivity index (χ1v) is 7.05. The summed E-state index contributed by atoms with van der Waals surface area (Å²) in [4.78, 5) is 11.2. The van der Waals surface area contributed by atoms with Crippen LogP contribution in [0.2, 0.25) is 5.02 Å². The lowest BCUT2D eigenvalue weighted by Crippen LogP contribution is -2.36. The third-order valence-electron chi connectivity index (χ3n) is 3.41. The summed E-state index contributed by atoms with van der Waals surface area (Å²) in [6.07, 6.45) is 1.78. The number of benzene rings is 1. The molecule has 0 bridgehead atoms. The van der Waals surface area contributed by atoms with Crippen molar-refractivity contribution in [2.24, 2.45) is 0 Å². The van der Waals surface area contributed by atoms with Gasteiger partial charge in [0.25, 0.3) is 0 Å². The van der Waals surface area contributed by atoms with Crippen molar-refractivity contribution in [3.05, 3.63) is 41.0 Å². The van der Waals surface area contributed by atoms with Gasteiger partial charge in [-0.05, 0) is 24.6 Å². The molecule has 5 heteroatoms. The zero-order valence-corrected chi connectivity index (χ0v) is 12.1. The SMILES string of the molecule is Cc1cccc(-c2nccc(N3CCOCC3)n2)c1Cl. The first-order valence-electron chi connectivity index (χ1n) is 6.67. The Morgan fingerprint density at radius 3 is 2.80 bits per heavy atom. The number of rotatable bonds is 2. The van der Waals surface area contributed by atoms with E-state index < -0.39 is 0 Å². The fourth-order valence-electron chi connectivity index (χ4n) is 2.27. The topological polar surface area (TPSA) is 38.2 Å². The van der Waals surface area contributed by atoms with E-state index >= 15 is 0 Å². The molecule has 2 heterocycles. The van der Waals surface area contributed by atoms with Crippen LogP contribution in [0.5, 0.6) is 0 Å². The predicted octanol–water partition coefficient (Wildman–Crippen LogP) is 2.94. The monoisotopic (exact) mass is 289 g/mol. The maximum Gasteiger partial charge on any atom is 0.163 e. The molecule has 0 N–H and O–H groups in total. The summed E-state index contributed by atoms with van der Waals surface area (Å²) in [5, 5.41) is 0.714. The maximum atomic E-state index is 6.35. The Balaban J connectivity index is 1.96. The van der Waals surface area contributed by atoms with Crippen LogP contribution in [-0.4, -0.2) is 36.3 Å². The second kappa shape index (κ2) is 5.77. The molecule has 3 rings (SSSR count). The smallest absolute Gasteiger partial charge is 0.163 e. The largest absolute Gasteiger partial charge is 0.378 e. The summed E-state index contributed by atoms with van der Waals surface area (Å²) in [5.41, 5.74) is 1.91. The van der Waals surface area contributed by atoms with Gasteiger partial charge in [0.2, 0.25) is 0 Å². The van der Waals surface area contributed by atoms with Crippen LogP contribution >= 0.6 is 11.6 Å². The van der Waals surface area contributed by atoms with Gasteiger partial charge in [-0.3, -0.25) is 0 Å². The van der Waals surface area contributed by atoms with Crippen molar-refractivity contribution in [2.45, 2.75) is 6.92 Å². The maximum absolute atomic E-state index is 6.35. The lowest BCUT2D eigenvalue weighted by atomic mass is 10.1. The van der Waals surface area contributed by atoms with Crippen LogP contribution in [0.25, 0.3) is 11.4 Å². The normalized spacial score (nSPS) is 15.4. The van der Waals surface area contributed by atoms with Gasteiger partial charge in [0.15, 0.2) is 5.82 Å². The van der Waals surface area contributed by atoms with Gasteiger partial charge in [-0.15, -0.1) is 0 Å². The van der Waals surface area contributed by atoms with Gasteiger partial charge in [0.1, 0.15) is 5.82 Å². The average molecular weight is 290 g/mol. The summed E-state index contributed by atoms with van der Waals surface area (Å²) >= 11 is 6.35. The molecule has 1 aromatic carbocycles. The van der Waals surface area contributed by atoms with Crippen LogP contribution < -0.4 is 4.90 Å². The van der Waals surface area contributed by atoms with Gasteiger partial charge in [-0.25, -0.2) is 9.97 Å². The number of aromatic nitrogens is 2. The van der Waals surface area contributed by atoms with E-state index in [2.05, 4.69) is 14.9 Å². The van der Waals surface area contributed by atoms with E-state index in [1.165, 1.54) is 0 Å². The molecule has 20 heavy (non-hydrogen) atoms. The molecule has 0 spiro atoms. The Bertz CT molecular complexity index is 612. The number of anilines is 1. The Labute approximate surface area is 123 Å². The van der Waals surface area contributed by atoms with Crippen molar-refractivity contribution in [3.8, 4) is 11.4 Å². The number of hydrogen-bond acceptors (Lipinski definition) is 4. The first kappa shape index (κ1) is 13.3. The van der Waals surface area contributed by atoms with E-state index in [0.29, 0.717) is 10.8 Å². The number of morpholine rings is 1. The zero-order chi connectivity index (χ0) is 13.9.